The van der Waals surface area contributed by atoms with E-state index in [4.69, 9.17) is 23.2 Å². The minimum atomic E-state index is -0.0120. The van der Waals surface area contributed by atoms with Crippen molar-refractivity contribution in [3.8, 4) is 0 Å². The monoisotopic (exact) mass is 375 g/mol. The summed E-state index contributed by atoms with van der Waals surface area (Å²) in [6.45, 7) is 0.576. The van der Waals surface area contributed by atoms with Crippen molar-refractivity contribution in [3.63, 3.8) is 0 Å². The molecule has 2 heterocycles. The van der Waals surface area contributed by atoms with Crippen LogP contribution in [0.15, 0.2) is 28.1 Å². The molecule has 0 spiro atoms. The molecule has 2 nitrogen and oxygen atoms in total. The largest absolute Gasteiger partial charge is 0.350 e. The van der Waals surface area contributed by atoms with Crippen LogP contribution >= 0.6 is 50.5 Å². The van der Waals surface area contributed by atoms with Gasteiger partial charge in [-0.1, -0.05) is 29.3 Å². The maximum atomic E-state index is 11.8. The fourth-order valence-electron chi connectivity index (χ4n) is 2.22. The normalized spacial score (nSPS) is 18.1. The Morgan fingerprint density at radius 3 is 2.79 bits per heavy atom. The third-order valence-electron chi connectivity index (χ3n) is 3.13. The van der Waals surface area contributed by atoms with Gasteiger partial charge in [0.05, 0.1) is 18.7 Å². The summed E-state index contributed by atoms with van der Waals surface area (Å²) >= 11 is 16.9. The van der Waals surface area contributed by atoms with E-state index in [0.717, 1.165) is 19.8 Å². The summed E-state index contributed by atoms with van der Waals surface area (Å²) in [4.78, 5) is 12.6. The van der Waals surface area contributed by atoms with E-state index in [1.165, 1.54) is 11.3 Å². The van der Waals surface area contributed by atoms with E-state index in [-0.39, 0.29) is 11.8 Å². The van der Waals surface area contributed by atoms with E-state index in [0.29, 0.717) is 16.6 Å². The Balaban J connectivity index is 2.09. The van der Waals surface area contributed by atoms with Crippen LogP contribution in [-0.4, -0.2) is 12.5 Å². The number of amides is 1. The van der Waals surface area contributed by atoms with Crippen molar-refractivity contribution in [2.75, 3.05) is 6.54 Å². The molecule has 2 aromatic rings. The predicted octanol–water partition coefficient (Wildman–Crippen LogP) is 4.69. The van der Waals surface area contributed by atoms with Crippen LogP contribution in [0.25, 0.3) is 0 Å². The first-order chi connectivity index (χ1) is 9.06. The number of rotatable bonds is 1. The van der Waals surface area contributed by atoms with Crippen LogP contribution in [0.1, 0.15) is 26.7 Å². The van der Waals surface area contributed by atoms with E-state index < -0.39 is 0 Å². The van der Waals surface area contributed by atoms with E-state index in [2.05, 4.69) is 21.2 Å². The zero-order chi connectivity index (χ0) is 13.6. The predicted molar refractivity (Wildman–Crippen MR) is 82.7 cm³/mol. The molecule has 1 unspecified atom stereocenters. The first-order valence-electron chi connectivity index (χ1n) is 5.58. The van der Waals surface area contributed by atoms with Crippen molar-refractivity contribution in [2.24, 2.45) is 0 Å². The summed E-state index contributed by atoms with van der Waals surface area (Å²) in [7, 11) is 0. The molecule has 0 radical (unpaired) electrons. The molecule has 0 aliphatic carbocycles. The van der Waals surface area contributed by atoms with Crippen LogP contribution in [0, 0.1) is 0 Å². The van der Waals surface area contributed by atoms with Crippen molar-refractivity contribution in [2.45, 2.75) is 5.92 Å². The van der Waals surface area contributed by atoms with Gasteiger partial charge in [-0.3, -0.25) is 4.79 Å². The first-order valence-corrected chi connectivity index (χ1v) is 7.95. The molecule has 1 aliphatic rings. The van der Waals surface area contributed by atoms with Gasteiger partial charge >= 0.3 is 0 Å². The van der Waals surface area contributed by atoms with Crippen molar-refractivity contribution in [3.05, 3.63) is 54.1 Å². The highest BCUT2D eigenvalue weighted by Crippen LogP contribution is 2.38. The number of carbonyl (C=O) groups is 1. The first kappa shape index (κ1) is 13.4. The van der Waals surface area contributed by atoms with Crippen molar-refractivity contribution in [1.29, 1.82) is 0 Å². The molecule has 0 fully saturated rings. The molecule has 1 atom stereocenters. The molecule has 98 valence electrons. The summed E-state index contributed by atoms with van der Waals surface area (Å²) in [6, 6.07) is 7.61. The molecule has 1 amide bonds. The number of halogens is 3. The van der Waals surface area contributed by atoms with Gasteiger partial charge in [0.1, 0.15) is 0 Å². The zero-order valence-corrected chi connectivity index (χ0v) is 13.5. The number of fused-ring (bicyclic) bond motifs is 1. The van der Waals surface area contributed by atoms with Gasteiger partial charge in [0.15, 0.2) is 0 Å². The van der Waals surface area contributed by atoms with Crippen LogP contribution < -0.4 is 5.32 Å². The number of benzene rings is 1. The van der Waals surface area contributed by atoms with Gasteiger partial charge in [0, 0.05) is 12.5 Å². The van der Waals surface area contributed by atoms with Gasteiger partial charge < -0.3 is 5.32 Å². The highest BCUT2D eigenvalue weighted by atomic mass is 79.9. The number of carbonyl (C=O) groups excluding carboxylic acids is 1. The Bertz CT molecular complexity index is 671. The molecule has 1 aliphatic heterocycles. The molecule has 6 heteroatoms. The lowest BCUT2D eigenvalue weighted by atomic mass is 9.89. The highest BCUT2D eigenvalue weighted by Gasteiger charge is 2.29. The Morgan fingerprint density at radius 2 is 2.05 bits per heavy atom. The van der Waals surface area contributed by atoms with Crippen LogP contribution in [-0.2, 0) is 0 Å². The van der Waals surface area contributed by atoms with E-state index >= 15 is 0 Å². The molecular weight excluding hydrogens is 369 g/mol. The van der Waals surface area contributed by atoms with Crippen LogP contribution in [0.4, 0.5) is 0 Å². The summed E-state index contributed by atoms with van der Waals surface area (Å²) in [5.74, 6) is 0.104. The topological polar surface area (TPSA) is 29.1 Å². The minimum Gasteiger partial charge on any atom is -0.350 e. The zero-order valence-electron chi connectivity index (χ0n) is 9.54. The van der Waals surface area contributed by atoms with Gasteiger partial charge in [-0.2, -0.15) is 0 Å². The lowest BCUT2D eigenvalue weighted by Gasteiger charge is -2.23. The Morgan fingerprint density at radius 1 is 1.26 bits per heavy atom. The van der Waals surface area contributed by atoms with Crippen LogP contribution in [0.3, 0.4) is 0 Å². The number of hydrogen-bond donors (Lipinski definition) is 1. The Labute approximate surface area is 132 Å². The average Bonchev–Trinajstić information content (AvgIpc) is 2.76. The molecular formula is C13H8BrCl2NOS. The van der Waals surface area contributed by atoms with Gasteiger partial charge in [-0.05, 0) is 45.3 Å². The molecule has 0 bridgehead atoms. The van der Waals surface area contributed by atoms with E-state index in [1.807, 2.05) is 18.2 Å². The smallest absolute Gasteiger partial charge is 0.261 e. The molecule has 0 saturated heterocycles. The van der Waals surface area contributed by atoms with Gasteiger partial charge in [-0.15, -0.1) is 11.3 Å². The fraction of sp³-hybridized carbons (Fsp3) is 0.154. The second-order valence-corrected chi connectivity index (χ2v) is 7.52. The van der Waals surface area contributed by atoms with Crippen molar-refractivity contribution in [1.82, 2.24) is 5.32 Å². The van der Waals surface area contributed by atoms with E-state index in [1.54, 1.807) is 6.07 Å². The number of thiophene rings is 1. The summed E-state index contributed by atoms with van der Waals surface area (Å²) in [5, 5.41) is 3.98. The average molecular weight is 377 g/mol. The van der Waals surface area contributed by atoms with Gasteiger partial charge in [0.25, 0.3) is 5.91 Å². The minimum absolute atomic E-state index is 0.0120. The van der Waals surface area contributed by atoms with Crippen molar-refractivity contribution < 1.29 is 4.79 Å². The molecule has 0 saturated carbocycles. The standard InChI is InChI=1S/C13H8BrCl2NOS/c14-11-4-7-8(5-17-13(18)12(7)19-11)6-1-2-9(15)10(16)3-6/h1-4,8H,5H2,(H,17,18). The quantitative estimate of drug-likeness (QED) is 0.768. The summed E-state index contributed by atoms with van der Waals surface area (Å²) in [5.41, 5.74) is 2.10. The molecule has 1 N–H and O–H groups in total. The van der Waals surface area contributed by atoms with Crippen LogP contribution in [0.2, 0.25) is 10.0 Å². The molecule has 19 heavy (non-hydrogen) atoms. The maximum absolute atomic E-state index is 11.8. The number of hydrogen-bond acceptors (Lipinski definition) is 2. The molecule has 1 aromatic heterocycles. The van der Waals surface area contributed by atoms with Gasteiger partial charge in [-0.25, -0.2) is 0 Å². The lowest BCUT2D eigenvalue weighted by molar-refractivity contribution is 0.0947. The maximum Gasteiger partial charge on any atom is 0.261 e. The highest BCUT2D eigenvalue weighted by molar-refractivity contribution is 9.11. The fourth-order valence-corrected chi connectivity index (χ4v) is 4.13. The molecule has 3 rings (SSSR count). The van der Waals surface area contributed by atoms with Crippen LogP contribution in [0.5, 0.6) is 0 Å². The Hall–Kier alpha value is -0.550. The SMILES string of the molecule is O=C1NCC(c2ccc(Cl)c(Cl)c2)c2cc(Br)sc21. The van der Waals surface area contributed by atoms with E-state index in [9.17, 15) is 4.79 Å². The third-order valence-corrected chi connectivity index (χ3v) is 5.52. The molecule has 1 aromatic carbocycles. The summed E-state index contributed by atoms with van der Waals surface area (Å²) in [6.07, 6.45) is 0. The lowest BCUT2D eigenvalue weighted by Crippen LogP contribution is -2.34. The Kier molecular flexibility index (Phi) is 3.60. The second-order valence-electron chi connectivity index (χ2n) is 4.27. The van der Waals surface area contributed by atoms with Crippen molar-refractivity contribution >= 4 is 56.4 Å². The van der Waals surface area contributed by atoms with Gasteiger partial charge in [0.2, 0.25) is 0 Å². The summed E-state index contributed by atoms with van der Waals surface area (Å²) < 4.78 is 0.958. The second kappa shape index (κ2) is 5.09. The third kappa shape index (κ3) is 2.42. The number of nitrogens with one attached hydrogen (secondary N) is 1.